The Hall–Kier alpha value is -2.71. The molecule has 0 unspecified atom stereocenters. The normalized spacial score (nSPS) is 13.1. The van der Waals surface area contributed by atoms with Gasteiger partial charge in [0.2, 0.25) is 11.8 Å². The molecule has 1 aliphatic heterocycles. The molecule has 0 fully saturated rings. The average molecular weight is 442 g/mol. The number of thiophene rings is 1. The van der Waals surface area contributed by atoms with E-state index in [9.17, 15) is 9.59 Å². The molecule has 0 bridgehead atoms. The zero-order chi connectivity index (χ0) is 21.1. The third-order valence-corrected chi connectivity index (χ3v) is 6.81. The SMILES string of the molecule is COc1ccc(C)c2c1N(C(=O)Cc1csc(NC(=O)Cc3cccs3)n1)CCC2. The van der Waals surface area contributed by atoms with E-state index < -0.39 is 0 Å². The van der Waals surface area contributed by atoms with E-state index in [4.69, 9.17) is 4.74 Å². The second kappa shape index (κ2) is 8.97. The number of benzene rings is 1. The first-order valence-corrected chi connectivity index (χ1v) is 11.5. The van der Waals surface area contributed by atoms with E-state index in [1.54, 1.807) is 18.4 Å². The van der Waals surface area contributed by atoms with Crippen LogP contribution in [0.15, 0.2) is 35.0 Å². The van der Waals surface area contributed by atoms with Gasteiger partial charge in [-0.25, -0.2) is 4.98 Å². The van der Waals surface area contributed by atoms with Crippen LogP contribution in [-0.4, -0.2) is 30.5 Å². The molecule has 6 nitrogen and oxygen atoms in total. The molecule has 30 heavy (non-hydrogen) atoms. The first-order valence-electron chi connectivity index (χ1n) is 9.78. The summed E-state index contributed by atoms with van der Waals surface area (Å²) < 4.78 is 5.53. The average Bonchev–Trinajstić information content (AvgIpc) is 3.40. The van der Waals surface area contributed by atoms with Crippen LogP contribution in [0.25, 0.3) is 0 Å². The first kappa shape index (κ1) is 20.6. The predicted octanol–water partition coefficient (Wildman–Crippen LogP) is 4.22. The topological polar surface area (TPSA) is 71.5 Å². The molecule has 0 atom stereocenters. The third kappa shape index (κ3) is 4.39. The molecule has 156 valence electrons. The van der Waals surface area contributed by atoms with Gasteiger partial charge in [0.25, 0.3) is 0 Å². The highest BCUT2D eigenvalue weighted by atomic mass is 32.1. The Morgan fingerprint density at radius 2 is 2.10 bits per heavy atom. The number of aryl methyl sites for hydroxylation is 1. The van der Waals surface area contributed by atoms with Crippen LogP contribution in [0.1, 0.15) is 28.1 Å². The zero-order valence-electron chi connectivity index (χ0n) is 16.9. The van der Waals surface area contributed by atoms with E-state index in [2.05, 4.69) is 17.2 Å². The number of nitrogens with one attached hydrogen (secondary N) is 1. The van der Waals surface area contributed by atoms with Crippen LogP contribution in [0.5, 0.6) is 5.75 Å². The van der Waals surface area contributed by atoms with Crippen molar-refractivity contribution < 1.29 is 14.3 Å². The largest absolute Gasteiger partial charge is 0.495 e. The fourth-order valence-corrected chi connectivity index (χ4v) is 5.13. The third-order valence-electron chi connectivity index (χ3n) is 5.12. The lowest BCUT2D eigenvalue weighted by Gasteiger charge is -2.32. The summed E-state index contributed by atoms with van der Waals surface area (Å²) in [6.45, 7) is 2.73. The quantitative estimate of drug-likeness (QED) is 0.622. The summed E-state index contributed by atoms with van der Waals surface area (Å²) in [5.41, 5.74) is 3.89. The Balaban J connectivity index is 1.44. The maximum Gasteiger partial charge on any atom is 0.233 e. The van der Waals surface area contributed by atoms with Crippen LogP contribution in [0.3, 0.4) is 0 Å². The van der Waals surface area contributed by atoms with Crippen LogP contribution < -0.4 is 15.0 Å². The van der Waals surface area contributed by atoms with Crippen LogP contribution in [0.2, 0.25) is 0 Å². The minimum atomic E-state index is -0.102. The maximum atomic E-state index is 13.1. The molecular formula is C22H23N3O3S2. The molecule has 0 spiro atoms. The number of fused-ring (bicyclic) bond motifs is 1. The van der Waals surface area contributed by atoms with Gasteiger partial charge in [-0.1, -0.05) is 12.1 Å². The van der Waals surface area contributed by atoms with Gasteiger partial charge >= 0.3 is 0 Å². The fourth-order valence-electron chi connectivity index (χ4n) is 3.70. The van der Waals surface area contributed by atoms with Crippen LogP contribution >= 0.6 is 22.7 Å². The lowest BCUT2D eigenvalue weighted by molar-refractivity contribution is -0.118. The lowest BCUT2D eigenvalue weighted by atomic mass is 9.96. The summed E-state index contributed by atoms with van der Waals surface area (Å²) in [6, 6.07) is 7.82. The van der Waals surface area contributed by atoms with Crippen molar-refractivity contribution in [3.63, 3.8) is 0 Å². The summed E-state index contributed by atoms with van der Waals surface area (Å²) >= 11 is 2.89. The van der Waals surface area contributed by atoms with Crippen molar-refractivity contribution in [3.05, 3.63) is 56.7 Å². The van der Waals surface area contributed by atoms with Gasteiger partial charge in [-0.15, -0.1) is 22.7 Å². The highest BCUT2D eigenvalue weighted by molar-refractivity contribution is 7.14. The Kier molecular flexibility index (Phi) is 6.15. The molecule has 1 N–H and O–H groups in total. The van der Waals surface area contributed by atoms with Gasteiger partial charge < -0.3 is 15.0 Å². The van der Waals surface area contributed by atoms with Crippen molar-refractivity contribution in [2.75, 3.05) is 23.9 Å². The molecule has 2 amide bonds. The Morgan fingerprint density at radius 1 is 1.23 bits per heavy atom. The van der Waals surface area contributed by atoms with Crippen molar-refractivity contribution in [3.8, 4) is 5.75 Å². The van der Waals surface area contributed by atoms with Gasteiger partial charge in [-0.05, 0) is 48.4 Å². The van der Waals surface area contributed by atoms with Crippen LogP contribution in [0, 0.1) is 6.92 Å². The number of hydrogen-bond acceptors (Lipinski definition) is 6. The molecule has 3 aromatic rings. The standard InChI is InChI=1S/C22H23N3O3S2/c1-14-7-8-18(28-2)21-17(14)6-3-9-25(21)20(27)11-15-13-30-22(23-15)24-19(26)12-16-5-4-10-29-16/h4-5,7-8,10,13H,3,6,9,11-12H2,1-2H3,(H,23,24,26). The number of ether oxygens (including phenoxy) is 1. The highest BCUT2D eigenvalue weighted by Gasteiger charge is 2.27. The molecule has 2 aromatic heterocycles. The second-order valence-corrected chi connectivity index (χ2v) is 9.08. The van der Waals surface area contributed by atoms with Crippen molar-refractivity contribution in [2.45, 2.75) is 32.6 Å². The predicted molar refractivity (Wildman–Crippen MR) is 121 cm³/mol. The molecule has 8 heteroatoms. The zero-order valence-corrected chi connectivity index (χ0v) is 18.6. The molecule has 0 saturated carbocycles. The van der Waals surface area contributed by atoms with E-state index in [0.717, 1.165) is 29.2 Å². The summed E-state index contributed by atoms with van der Waals surface area (Å²) in [5, 5.41) is 7.12. The monoisotopic (exact) mass is 441 g/mol. The number of hydrogen-bond donors (Lipinski definition) is 1. The molecule has 0 radical (unpaired) electrons. The maximum absolute atomic E-state index is 13.1. The van der Waals surface area contributed by atoms with E-state index in [1.165, 1.54) is 22.5 Å². The lowest BCUT2D eigenvalue weighted by Crippen LogP contribution is -2.37. The van der Waals surface area contributed by atoms with Crippen LogP contribution in [0.4, 0.5) is 10.8 Å². The van der Waals surface area contributed by atoms with Gasteiger partial charge in [-0.3, -0.25) is 9.59 Å². The van der Waals surface area contributed by atoms with Crippen LogP contribution in [-0.2, 0) is 28.9 Å². The Morgan fingerprint density at radius 3 is 2.87 bits per heavy atom. The number of thiazole rings is 1. The number of nitrogens with zero attached hydrogens (tertiary/aromatic N) is 2. The van der Waals surface area contributed by atoms with E-state index in [-0.39, 0.29) is 18.2 Å². The molecule has 1 aromatic carbocycles. The van der Waals surface area contributed by atoms with Gasteiger partial charge in [0.05, 0.1) is 31.3 Å². The molecule has 0 aliphatic carbocycles. The number of methoxy groups -OCH3 is 1. The number of carbonyl (C=O) groups excluding carboxylic acids is 2. The smallest absolute Gasteiger partial charge is 0.233 e. The number of rotatable bonds is 6. The minimum Gasteiger partial charge on any atom is -0.495 e. The summed E-state index contributed by atoms with van der Waals surface area (Å²) in [6.07, 6.45) is 2.39. The number of carbonyl (C=O) groups is 2. The Labute approximate surface area is 183 Å². The van der Waals surface area contributed by atoms with Gasteiger partial charge in [0.1, 0.15) is 5.75 Å². The van der Waals surface area contributed by atoms with E-state index >= 15 is 0 Å². The first-order chi connectivity index (χ1) is 14.5. The van der Waals surface area contributed by atoms with Crippen molar-refractivity contribution in [2.24, 2.45) is 0 Å². The van der Waals surface area contributed by atoms with Crippen molar-refractivity contribution in [1.29, 1.82) is 0 Å². The minimum absolute atomic E-state index is 0.0124. The van der Waals surface area contributed by atoms with E-state index in [1.807, 2.05) is 39.9 Å². The summed E-state index contributed by atoms with van der Waals surface area (Å²) in [7, 11) is 1.63. The van der Waals surface area contributed by atoms with Crippen molar-refractivity contribution in [1.82, 2.24) is 4.98 Å². The van der Waals surface area contributed by atoms with Crippen molar-refractivity contribution >= 4 is 45.3 Å². The molecule has 0 saturated heterocycles. The molecular weight excluding hydrogens is 418 g/mol. The second-order valence-electron chi connectivity index (χ2n) is 7.19. The fraction of sp³-hybridized carbons (Fsp3) is 0.318. The van der Waals surface area contributed by atoms with Gasteiger partial charge in [0.15, 0.2) is 5.13 Å². The summed E-state index contributed by atoms with van der Waals surface area (Å²) in [4.78, 5) is 32.5. The molecule has 1 aliphatic rings. The Bertz CT molecular complexity index is 1060. The molecule has 3 heterocycles. The molecule has 4 rings (SSSR count). The number of amides is 2. The van der Waals surface area contributed by atoms with E-state index in [0.29, 0.717) is 23.8 Å². The summed E-state index contributed by atoms with van der Waals surface area (Å²) in [5.74, 6) is 0.611. The highest BCUT2D eigenvalue weighted by Crippen LogP contribution is 2.38. The van der Waals surface area contributed by atoms with Gasteiger partial charge in [0, 0.05) is 16.8 Å². The van der Waals surface area contributed by atoms with Gasteiger partial charge in [-0.2, -0.15) is 0 Å². The number of aromatic nitrogens is 1. The number of anilines is 2.